The second kappa shape index (κ2) is 9.03. The van der Waals surface area contributed by atoms with E-state index < -0.39 is 33.6 Å². The van der Waals surface area contributed by atoms with Crippen LogP contribution in [0, 0.1) is 17.6 Å². The molecule has 1 atom stereocenters. The molecule has 2 aromatic carbocycles. The molecule has 0 aromatic heterocycles. The van der Waals surface area contributed by atoms with Crippen molar-refractivity contribution in [2.75, 3.05) is 26.3 Å². The minimum atomic E-state index is -3.74. The number of halogens is 2. The van der Waals surface area contributed by atoms with E-state index in [4.69, 9.17) is 9.47 Å². The summed E-state index contributed by atoms with van der Waals surface area (Å²) in [5, 5.41) is 2.75. The molecule has 7 nitrogen and oxygen atoms in total. The first kappa shape index (κ1) is 22.5. The number of carbonyl (C=O) groups excluding carboxylic acids is 1. The van der Waals surface area contributed by atoms with Crippen LogP contribution < -0.4 is 14.8 Å². The quantitative estimate of drug-likeness (QED) is 0.732. The van der Waals surface area contributed by atoms with Crippen LogP contribution >= 0.6 is 0 Å². The van der Waals surface area contributed by atoms with E-state index in [0.717, 1.165) is 12.1 Å². The summed E-state index contributed by atoms with van der Waals surface area (Å²) < 4.78 is 65.4. The molecule has 0 bridgehead atoms. The van der Waals surface area contributed by atoms with Gasteiger partial charge in [-0.2, -0.15) is 4.31 Å². The van der Waals surface area contributed by atoms with Crippen LogP contribution in [0.4, 0.5) is 8.78 Å². The lowest BCUT2D eigenvalue weighted by atomic mass is 9.96. The van der Waals surface area contributed by atoms with Crippen molar-refractivity contribution in [2.24, 2.45) is 5.92 Å². The van der Waals surface area contributed by atoms with Crippen LogP contribution in [0.5, 0.6) is 11.5 Å². The summed E-state index contributed by atoms with van der Waals surface area (Å²) in [6.45, 7) is 2.77. The lowest BCUT2D eigenvalue weighted by molar-refractivity contribution is -0.126. The summed E-state index contributed by atoms with van der Waals surface area (Å²) in [5.74, 6) is -1.18. The van der Waals surface area contributed by atoms with Gasteiger partial charge in [-0.15, -0.1) is 0 Å². The Kier molecular flexibility index (Phi) is 6.34. The first-order chi connectivity index (χ1) is 15.3. The first-order valence-corrected chi connectivity index (χ1v) is 11.8. The smallest absolute Gasteiger partial charge is 0.243 e. The molecular formula is C22H24F2N2O5S. The van der Waals surface area contributed by atoms with Crippen molar-refractivity contribution in [1.29, 1.82) is 0 Å². The lowest BCUT2D eigenvalue weighted by Gasteiger charge is -2.31. The van der Waals surface area contributed by atoms with Crippen LogP contribution in [0.25, 0.3) is 0 Å². The third-order valence-electron chi connectivity index (χ3n) is 5.76. The highest BCUT2D eigenvalue weighted by Crippen LogP contribution is 2.34. The van der Waals surface area contributed by atoms with E-state index in [9.17, 15) is 22.0 Å². The van der Waals surface area contributed by atoms with E-state index in [1.165, 1.54) is 22.5 Å². The summed E-state index contributed by atoms with van der Waals surface area (Å²) in [4.78, 5) is 12.8. The van der Waals surface area contributed by atoms with Gasteiger partial charge >= 0.3 is 0 Å². The lowest BCUT2D eigenvalue weighted by Crippen LogP contribution is -2.43. The maximum absolute atomic E-state index is 14.0. The highest BCUT2D eigenvalue weighted by molar-refractivity contribution is 7.89. The number of nitrogens with zero attached hydrogens (tertiary/aromatic N) is 1. The van der Waals surface area contributed by atoms with E-state index in [-0.39, 0.29) is 29.5 Å². The fourth-order valence-electron chi connectivity index (χ4n) is 3.95. The van der Waals surface area contributed by atoms with Gasteiger partial charge in [-0.1, -0.05) is 6.07 Å². The van der Waals surface area contributed by atoms with Crippen LogP contribution in [-0.4, -0.2) is 44.9 Å². The molecule has 1 saturated heterocycles. The van der Waals surface area contributed by atoms with Gasteiger partial charge in [-0.05, 0) is 38.0 Å². The zero-order valence-electron chi connectivity index (χ0n) is 17.5. The van der Waals surface area contributed by atoms with Gasteiger partial charge in [0.05, 0.1) is 10.9 Å². The third-order valence-corrected chi connectivity index (χ3v) is 7.66. The molecule has 2 aromatic rings. The van der Waals surface area contributed by atoms with Crippen LogP contribution in [0.2, 0.25) is 0 Å². The molecule has 0 aliphatic carbocycles. The molecule has 10 heteroatoms. The number of benzene rings is 2. The number of rotatable bonds is 5. The summed E-state index contributed by atoms with van der Waals surface area (Å²) in [5.41, 5.74) is 0.193. The topological polar surface area (TPSA) is 84.9 Å². The maximum atomic E-state index is 14.0. The zero-order chi connectivity index (χ0) is 22.9. The van der Waals surface area contributed by atoms with Crippen molar-refractivity contribution in [2.45, 2.75) is 30.7 Å². The number of nitrogens with one attached hydrogen (secondary N) is 1. The largest absolute Gasteiger partial charge is 0.486 e. The Morgan fingerprint density at radius 1 is 1.06 bits per heavy atom. The standard InChI is InChI=1S/C22H24F2N2O5S/c1-14(18-4-2-16(23)12-19(18)24)25-22(27)15-6-8-26(9-7-15)32(28,29)17-3-5-20-21(13-17)31-11-10-30-20/h2-5,12-15H,6-11H2,1H3,(H,25,27). The molecule has 1 fully saturated rings. The predicted octanol–water partition coefficient (Wildman–Crippen LogP) is 3.01. The Hall–Kier alpha value is -2.72. The number of fused-ring (bicyclic) bond motifs is 1. The zero-order valence-corrected chi connectivity index (χ0v) is 18.3. The number of amides is 1. The van der Waals surface area contributed by atoms with Crippen molar-refractivity contribution in [3.8, 4) is 11.5 Å². The van der Waals surface area contributed by atoms with E-state index in [1.807, 2.05) is 0 Å². The van der Waals surface area contributed by atoms with E-state index >= 15 is 0 Å². The molecule has 32 heavy (non-hydrogen) atoms. The number of hydrogen-bond donors (Lipinski definition) is 1. The Labute approximate surface area is 185 Å². The molecule has 1 N–H and O–H groups in total. The molecular weight excluding hydrogens is 442 g/mol. The average molecular weight is 467 g/mol. The van der Waals surface area contributed by atoms with Gasteiger partial charge in [0.15, 0.2) is 11.5 Å². The summed E-state index contributed by atoms with van der Waals surface area (Å²) >= 11 is 0. The van der Waals surface area contributed by atoms with Crippen molar-refractivity contribution < 1.29 is 31.5 Å². The maximum Gasteiger partial charge on any atom is 0.243 e. The highest BCUT2D eigenvalue weighted by Gasteiger charge is 2.33. The second-order valence-corrected chi connectivity index (χ2v) is 9.82. The summed E-state index contributed by atoms with van der Waals surface area (Å²) in [6.07, 6.45) is 0.683. The Morgan fingerprint density at radius 3 is 2.44 bits per heavy atom. The Bertz CT molecular complexity index is 1120. The number of hydrogen-bond acceptors (Lipinski definition) is 5. The number of sulfonamides is 1. The molecule has 1 amide bonds. The average Bonchev–Trinajstić information content (AvgIpc) is 2.78. The SMILES string of the molecule is CC(NC(=O)C1CCN(S(=O)(=O)c2ccc3c(c2)OCCO3)CC1)c1ccc(F)cc1F. The monoisotopic (exact) mass is 466 g/mol. The van der Waals surface area contributed by atoms with Crippen molar-refractivity contribution in [1.82, 2.24) is 9.62 Å². The molecule has 2 heterocycles. The van der Waals surface area contributed by atoms with Gasteiger partial charge in [0.1, 0.15) is 24.8 Å². The predicted molar refractivity (Wildman–Crippen MR) is 112 cm³/mol. The van der Waals surface area contributed by atoms with Gasteiger partial charge in [0, 0.05) is 36.7 Å². The van der Waals surface area contributed by atoms with Gasteiger partial charge in [0.25, 0.3) is 0 Å². The van der Waals surface area contributed by atoms with E-state index in [2.05, 4.69) is 5.32 Å². The molecule has 0 radical (unpaired) electrons. The second-order valence-electron chi connectivity index (χ2n) is 7.88. The molecule has 172 valence electrons. The van der Waals surface area contributed by atoms with E-state index in [0.29, 0.717) is 37.6 Å². The van der Waals surface area contributed by atoms with Gasteiger partial charge in [-0.25, -0.2) is 17.2 Å². The molecule has 1 unspecified atom stereocenters. The minimum absolute atomic E-state index is 0.116. The molecule has 4 rings (SSSR count). The van der Waals surface area contributed by atoms with Crippen LogP contribution in [0.15, 0.2) is 41.3 Å². The fourth-order valence-corrected chi connectivity index (χ4v) is 5.44. The number of piperidine rings is 1. The fraction of sp³-hybridized carbons (Fsp3) is 0.409. The Balaban J connectivity index is 1.37. The molecule has 0 saturated carbocycles. The molecule has 2 aliphatic rings. The first-order valence-electron chi connectivity index (χ1n) is 10.4. The normalized spacial score (nSPS) is 18.2. The minimum Gasteiger partial charge on any atom is -0.486 e. The summed E-state index contributed by atoms with van der Waals surface area (Å²) in [6, 6.07) is 7.11. The van der Waals surface area contributed by atoms with Crippen molar-refractivity contribution >= 4 is 15.9 Å². The molecule has 0 spiro atoms. The van der Waals surface area contributed by atoms with Crippen LogP contribution in [0.1, 0.15) is 31.4 Å². The molecule has 2 aliphatic heterocycles. The van der Waals surface area contributed by atoms with Crippen LogP contribution in [-0.2, 0) is 14.8 Å². The van der Waals surface area contributed by atoms with Gasteiger partial charge in [0.2, 0.25) is 15.9 Å². The summed E-state index contributed by atoms with van der Waals surface area (Å²) in [7, 11) is -3.74. The van der Waals surface area contributed by atoms with Gasteiger partial charge < -0.3 is 14.8 Å². The van der Waals surface area contributed by atoms with Gasteiger partial charge in [-0.3, -0.25) is 4.79 Å². The third kappa shape index (κ3) is 4.56. The number of carbonyl (C=O) groups is 1. The Morgan fingerprint density at radius 2 is 1.75 bits per heavy atom. The van der Waals surface area contributed by atoms with Crippen LogP contribution in [0.3, 0.4) is 0 Å². The highest BCUT2D eigenvalue weighted by atomic mass is 32.2. The van der Waals surface area contributed by atoms with Crippen molar-refractivity contribution in [3.05, 3.63) is 53.6 Å². The van der Waals surface area contributed by atoms with E-state index in [1.54, 1.807) is 13.0 Å². The number of ether oxygens (including phenoxy) is 2. The van der Waals surface area contributed by atoms with Crippen molar-refractivity contribution in [3.63, 3.8) is 0 Å².